The molecule has 17 heavy (non-hydrogen) atoms. The van der Waals surface area contributed by atoms with Gasteiger partial charge in [0.05, 0.1) is 5.75 Å². The zero-order chi connectivity index (χ0) is 13.3. The number of nitrogens with one attached hydrogen (secondary N) is 1. The maximum atomic E-state index is 11.8. The van der Waals surface area contributed by atoms with Crippen LogP contribution in [0.5, 0.6) is 0 Å². The molecule has 0 atom stereocenters. The first-order valence-electron chi connectivity index (χ1n) is 6.19. The molecule has 0 bridgehead atoms. The van der Waals surface area contributed by atoms with E-state index >= 15 is 0 Å². The third-order valence-electron chi connectivity index (χ3n) is 2.52. The predicted molar refractivity (Wildman–Crippen MR) is 72.7 cm³/mol. The SMILES string of the molecule is CCCNCCS(=O)(=O)N(C)CCCN(C)C. The molecule has 0 aromatic heterocycles. The van der Waals surface area contributed by atoms with Gasteiger partial charge in [0.15, 0.2) is 0 Å². The molecule has 0 aromatic rings. The highest BCUT2D eigenvalue weighted by Gasteiger charge is 2.16. The summed E-state index contributed by atoms with van der Waals surface area (Å²) >= 11 is 0. The Bertz CT molecular complexity index is 278. The molecule has 0 radical (unpaired) electrons. The first-order chi connectivity index (χ1) is 7.90. The molecule has 5 nitrogen and oxygen atoms in total. The van der Waals surface area contributed by atoms with Crippen molar-refractivity contribution in [3.63, 3.8) is 0 Å². The summed E-state index contributed by atoms with van der Waals surface area (Å²) in [5.41, 5.74) is 0. The molecular weight excluding hydrogens is 238 g/mol. The predicted octanol–water partition coefficient (Wildman–Crippen LogP) is 0.199. The van der Waals surface area contributed by atoms with E-state index in [0.29, 0.717) is 13.1 Å². The molecule has 0 aliphatic heterocycles. The molecule has 104 valence electrons. The van der Waals surface area contributed by atoms with Crippen LogP contribution in [-0.4, -0.2) is 70.7 Å². The summed E-state index contributed by atoms with van der Waals surface area (Å²) in [4.78, 5) is 2.06. The molecule has 0 saturated carbocycles. The van der Waals surface area contributed by atoms with Crippen LogP contribution in [0.15, 0.2) is 0 Å². The van der Waals surface area contributed by atoms with Gasteiger partial charge in [0.1, 0.15) is 0 Å². The molecule has 6 heteroatoms. The maximum absolute atomic E-state index is 11.8. The van der Waals surface area contributed by atoms with Gasteiger partial charge in [-0.05, 0) is 40.0 Å². The molecule has 0 amide bonds. The van der Waals surface area contributed by atoms with E-state index in [0.717, 1.165) is 25.9 Å². The van der Waals surface area contributed by atoms with Crippen LogP contribution in [0.4, 0.5) is 0 Å². The van der Waals surface area contributed by atoms with Gasteiger partial charge in [-0.1, -0.05) is 6.92 Å². The molecule has 0 aliphatic rings. The fourth-order valence-corrected chi connectivity index (χ4v) is 2.53. The molecule has 0 aromatic carbocycles. The van der Waals surface area contributed by atoms with Crippen molar-refractivity contribution >= 4 is 10.0 Å². The lowest BCUT2D eigenvalue weighted by atomic mass is 10.4. The summed E-state index contributed by atoms with van der Waals surface area (Å²) < 4.78 is 25.1. The minimum Gasteiger partial charge on any atom is -0.316 e. The average molecular weight is 265 g/mol. The first-order valence-corrected chi connectivity index (χ1v) is 7.80. The molecular formula is C11H27N3O2S. The number of hydrogen-bond donors (Lipinski definition) is 1. The van der Waals surface area contributed by atoms with Gasteiger partial charge >= 0.3 is 0 Å². The Morgan fingerprint density at radius 3 is 2.24 bits per heavy atom. The summed E-state index contributed by atoms with van der Waals surface area (Å²) in [6.45, 7) is 4.98. The van der Waals surface area contributed by atoms with Crippen LogP contribution in [0, 0.1) is 0 Å². The normalized spacial score (nSPS) is 12.6. The van der Waals surface area contributed by atoms with E-state index in [1.54, 1.807) is 7.05 Å². The summed E-state index contributed by atoms with van der Waals surface area (Å²) in [7, 11) is 2.55. The maximum Gasteiger partial charge on any atom is 0.215 e. The largest absolute Gasteiger partial charge is 0.316 e. The molecule has 0 heterocycles. The highest BCUT2D eigenvalue weighted by atomic mass is 32.2. The third kappa shape index (κ3) is 8.54. The van der Waals surface area contributed by atoms with Crippen LogP contribution in [-0.2, 0) is 10.0 Å². The Hall–Kier alpha value is -0.170. The first kappa shape index (κ1) is 16.8. The Morgan fingerprint density at radius 1 is 1.06 bits per heavy atom. The van der Waals surface area contributed by atoms with Gasteiger partial charge < -0.3 is 10.2 Å². The van der Waals surface area contributed by atoms with Crippen molar-refractivity contribution in [1.29, 1.82) is 0 Å². The zero-order valence-electron chi connectivity index (χ0n) is 11.6. The molecule has 0 spiro atoms. The lowest BCUT2D eigenvalue weighted by Crippen LogP contribution is -2.35. The van der Waals surface area contributed by atoms with Crippen molar-refractivity contribution in [2.75, 3.05) is 53.1 Å². The summed E-state index contributed by atoms with van der Waals surface area (Å²) in [6.07, 6.45) is 1.89. The van der Waals surface area contributed by atoms with E-state index in [1.807, 2.05) is 14.1 Å². The van der Waals surface area contributed by atoms with Crippen LogP contribution >= 0.6 is 0 Å². The van der Waals surface area contributed by atoms with Crippen molar-refractivity contribution in [3.8, 4) is 0 Å². The van der Waals surface area contributed by atoms with Crippen molar-refractivity contribution < 1.29 is 8.42 Å². The molecule has 0 saturated heterocycles. The van der Waals surface area contributed by atoms with Gasteiger partial charge in [0.25, 0.3) is 0 Å². The fraction of sp³-hybridized carbons (Fsp3) is 1.00. The Kier molecular flexibility index (Phi) is 8.77. The lowest BCUT2D eigenvalue weighted by Gasteiger charge is -2.18. The lowest BCUT2D eigenvalue weighted by molar-refractivity contribution is 0.370. The van der Waals surface area contributed by atoms with E-state index in [9.17, 15) is 8.42 Å². The molecule has 0 aliphatic carbocycles. The van der Waals surface area contributed by atoms with Gasteiger partial charge in [0.2, 0.25) is 10.0 Å². The van der Waals surface area contributed by atoms with Crippen LogP contribution in [0.2, 0.25) is 0 Å². The van der Waals surface area contributed by atoms with E-state index in [2.05, 4.69) is 17.1 Å². The van der Waals surface area contributed by atoms with Crippen LogP contribution < -0.4 is 5.32 Å². The summed E-state index contributed by atoms with van der Waals surface area (Å²) in [6, 6.07) is 0. The van der Waals surface area contributed by atoms with E-state index in [-0.39, 0.29) is 5.75 Å². The van der Waals surface area contributed by atoms with E-state index in [1.165, 1.54) is 4.31 Å². The van der Waals surface area contributed by atoms with Crippen molar-refractivity contribution in [1.82, 2.24) is 14.5 Å². The quantitative estimate of drug-likeness (QED) is 0.573. The number of hydrogen-bond acceptors (Lipinski definition) is 4. The Balaban J connectivity index is 3.86. The minimum absolute atomic E-state index is 0.186. The Morgan fingerprint density at radius 2 is 1.71 bits per heavy atom. The molecule has 0 rings (SSSR count). The number of nitrogens with zero attached hydrogens (tertiary/aromatic N) is 2. The topological polar surface area (TPSA) is 52.7 Å². The van der Waals surface area contributed by atoms with Crippen LogP contribution in [0.25, 0.3) is 0 Å². The second-order valence-electron chi connectivity index (χ2n) is 4.54. The van der Waals surface area contributed by atoms with Gasteiger partial charge in [-0.15, -0.1) is 0 Å². The van der Waals surface area contributed by atoms with E-state index < -0.39 is 10.0 Å². The monoisotopic (exact) mass is 265 g/mol. The zero-order valence-corrected chi connectivity index (χ0v) is 12.4. The second kappa shape index (κ2) is 8.85. The third-order valence-corrected chi connectivity index (χ3v) is 4.37. The van der Waals surface area contributed by atoms with Crippen molar-refractivity contribution in [2.45, 2.75) is 19.8 Å². The van der Waals surface area contributed by atoms with Gasteiger partial charge in [-0.2, -0.15) is 0 Å². The van der Waals surface area contributed by atoms with E-state index in [4.69, 9.17) is 0 Å². The fourth-order valence-electron chi connectivity index (χ4n) is 1.41. The number of rotatable bonds is 10. The van der Waals surface area contributed by atoms with Crippen molar-refractivity contribution in [3.05, 3.63) is 0 Å². The highest BCUT2D eigenvalue weighted by molar-refractivity contribution is 7.89. The number of sulfonamides is 1. The minimum atomic E-state index is -3.09. The van der Waals surface area contributed by atoms with Crippen LogP contribution in [0.3, 0.4) is 0 Å². The average Bonchev–Trinajstić information content (AvgIpc) is 2.23. The smallest absolute Gasteiger partial charge is 0.215 e. The summed E-state index contributed by atoms with van der Waals surface area (Å²) in [5.74, 6) is 0.186. The van der Waals surface area contributed by atoms with Gasteiger partial charge in [0, 0.05) is 20.1 Å². The molecule has 1 N–H and O–H groups in total. The van der Waals surface area contributed by atoms with Gasteiger partial charge in [-0.25, -0.2) is 12.7 Å². The summed E-state index contributed by atoms with van der Waals surface area (Å²) in [5, 5.41) is 3.11. The standard InChI is InChI=1S/C11H27N3O2S/c1-5-7-12-8-11-17(15,16)14(4)10-6-9-13(2)3/h12H,5-11H2,1-4H3. The van der Waals surface area contributed by atoms with Gasteiger partial charge in [-0.3, -0.25) is 0 Å². The van der Waals surface area contributed by atoms with Crippen LogP contribution in [0.1, 0.15) is 19.8 Å². The van der Waals surface area contributed by atoms with Crippen molar-refractivity contribution in [2.24, 2.45) is 0 Å². The second-order valence-corrected chi connectivity index (χ2v) is 6.74. The molecule has 0 fully saturated rings. The highest BCUT2D eigenvalue weighted by Crippen LogP contribution is 1.99. The Labute approximate surface area is 106 Å². The molecule has 0 unspecified atom stereocenters.